The lowest BCUT2D eigenvalue weighted by Gasteiger charge is -2.19. The van der Waals surface area contributed by atoms with Crippen molar-refractivity contribution < 1.29 is 0 Å². The highest BCUT2D eigenvalue weighted by molar-refractivity contribution is 5.91. The summed E-state index contributed by atoms with van der Waals surface area (Å²) in [4.78, 5) is 7.11. The van der Waals surface area contributed by atoms with Crippen molar-refractivity contribution in [2.75, 3.05) is 10.6 Å². The Morgan fingerprint density at radius 3 is 2.76 bits per heavy atom. The molecule has 0 radical (unpaired) electrons. The van der Waals surface area contributed by atoms with Gasteiger partial charge >= 0.3 is 0 Å². The van der Waals surface area contributed by atoms with Crippen molar-refractivity contribution in [1.82, 2.24) is 4.98 Å². The van der Waals surface area contributed by atoms with Crippen LogP contribution in [-0.4, -0.2) is 4.98 Å². The van der Waals surface area contributed by atoms with E-state index in [-0.39, 0.29) is 0 Å². The molecule has 0 atom stereocenters. The van der Waals surface area contributed by atoms with E-state index in [2.05, 4.69) is 47.4 Å². The van der Waals surface area contributed by atoms with E-state index in [0.717, 1.165) is 30.0 Å². The number of pyridine rings is 1. The number of hydrogen-bond acceptors (Lipinski definition) is 3. The van der Waals surface area contributed by atoms with Crippen LogP contribution in [-0.2, 0) is 13.1 Å². The number of anilines is 2. The molecule has 1 aliphatic rings. The van der Waals surface area contributed by atoms with Crippen molar-refractivity contribution in [3.63, 3.8) is 0 Å². The molecule has 2 N–H and O–H groups in total. The highest BCUT2D eigenvalue weighted by Gasteiger charge is 2.21. The summed E-state index contributed by atoms with van der Waals surface area (Å²) in [5.74, 6) is 0. The molecular formula is C18H17N3. The summed E-state index contributed by atoms with van der Waals surface area (Å²) in [5, 5.41) is 1.19. The maximum atomic E-state index is 5.89. The first kappa shape index (κ1) is 12.2. The van der Waals surface area contributed by atoms with E-state index in [1.54, 1.807) is 0 Å². The second-order valence-corrected chi connectivity index (χ2v) is 5.69. The van der Waals surface area contributed by atoms with Crippen LogP contribution in [0.25, 0.3) is 10.9 Å². The fourth-order valence-electron chi connectivity index (χ4n) is 3.07. The quantitative estimate of drug-likeness (QED) is 0.689. The van der Waals surface area contributed by atoms with Crippen molar-refractivity contribution in [3.05, 3.63) is 65.4 Å². The molecule has 2 heterocycles. The van der Waals surface area contributed by atoms with Crippen molar-refractivity contribution in [3.8, 4) is 0 Å². The first-order valence-corrected chi connectivity index (χ1v) is 7.19. The zero-order valence-electron chi connectivity index (χ0n) is 12.0. The smallest absolute Gasteiger partial charge is 0.0938 e. The molecule has 2 aromatic carbocycles. The van der Waals surface area contributed by atoms with Crippen molar-refractivity contribution in [2.24, 2.45) is 0 Å². The van der Waals surface area contributed by atoms with Crippen LogP contribution in [0.3, 0.4) is 0 Å². The second-order valence-electron chi connectivity index (χ2n) is 5.69. The summed E-state index contributed by atoms with van der Waals surface area (Å²) in [7, 11) is 0. The lowest BCUT2D eigenvalue weighted by molar-refractivity contribution is 0.883. The molecule has 0 unspecified atom stereocenters. The number of hydrogen-bond donors (Lipinski definition) is 1. The van der Waals surface area contributed by atoms with Crippen LogP contribution in [0.15, 0.2) is 48.5 Å². The molecule has 0 aliphatic carbocycles. The van der Waals surface area contributed by atoms with E-state index >= 15 is 0 Å². The molecule has 3 aromatic rings. The van der Waals surface area contributed by atoms with Gasteiger partial charge in [-0.2, -0.15) is 0 Å². The Balaban J connectivity index is 1.80. The van der Waals surface area contributed by atoms with Crippen LogP contribution >= 0.6 is 0 Å². The minimum Gasteiger partial charge on any atom is -0.399 e. The maximum Gasteiger partial charge on any atom is 0.0938 e. The Morgan fingerprint density at radius 1 is 1.00 bits per heavy atom. The van der Waals surface area contributed by atoms with Crippen molar-refractivity contribution in [1.29, 1.82) is 0 Å². The van der Waals surface area contributed by atoms with Gasteiger partial charge in [-0.1, -0.05) is 24.3 Å². The van der Waals surface area contributed by atoms with Gasteiger partial charge in [-0.25, -0.2) is 0 Å². The number of para-hydroxylation sites is 1. The molecule has 0 spiro atoms. The van der Waals surface area contributed by atoms with Crippen LogP contribution in [0.5, 0.6) is 0 Å². The van der Waals surface area contributed by atoms with E-state index in [0.29, 0.717) is 0 Å². The lowest BCUT2D eigenvalue weighted by atomic mass is 10.1. The Bertz CT molecular complexity index is 839. The summed E-state index contributed by atoms with van der Waals surface area (Å²) in [6.45, 7) is 3.86. The topological polar surface area (TPSA) is 42.1 Å². The first-order valence-electron chi connectivity index (χ1n) is 7.19. The second kappa shape index (κ2) is 4.48. The molecular weight excluding hydrogens is 258 g/mol. The highest BCUT2D eigenvalue weighted by Crippen LogP contribution is 2.33. The Labute approximate surface area is 124 Å². The summed E-state index contributed by atoms with van der Waals surface area (Å²) in [6, 6.07) is 16.8. The Hall–Kier alpha value is -2.55. The van der Waals surface area contributed by atoms with Gasteiger partial charge in [0.15, 0.2) is 0 Å². The van der Waals surface area contributed by atoms with Crippen LogP contribution in [0.1, 0.15) is 16.8 Å². The Kier molecular flexibility index (Phi) is 2.61. The summed E-state index contributed by atoms with van der Waals surface area (Å²) < 4.78 is 0. The highest BCUT2D eigenvalue weighted by atomic mass is 15.2. The SMILES string of the molecule is Cc1ccc2cccc(N3Cc4ccc(N)cc4C3)c2n1. The average molecular weight is 275 g/mol. The standard InChI is InChI=1S/C18H17N3/c1-12-5-6-13-3-2-4-17(18(13)20-12)21-10-14-7-8-16(19)9-15(14)11-21/h2-9H,10-11,19H2,1H3. The van der Waals surface area contributed by atoms with Crippen LogP contribution in [0.2, 0.25) is 0 Å². The maximum absolute atomic E-state index is 5.89. The number of nitrogens with zero attached hydrogens (tertiary/aromatic N) is 2. The van der Waals surface area contributed by atoms with Gasteiger partial charge in [0.2, 0.25) is 0 Å². The van der Waals surface area contributed by atoms with E-state index in [1.807, 2.05) is 13.0 Å². The predicted molar refractivity (Wildman–Crippen MR) is 87.2 cm³/mol. The van der Waals surface area contributed by atoms with Crippen LogP contribution < -0.4 is 10.6 Å². The molecule has 0 saturated carbocycles. The molecule has 1 aromatic heterocycles. The monoisotopic (exact) mass is 275 g/mol. The minimum atomic E-state index is 0.836. The number of nitrogens with two attached hydrogens (primary N) is 1. The molecule has 0 fully saturated rings. The number of rotatable bonds is 1. The molecule has 1 aliphatic heterocycles. The van der Waals surface area contributed by atoms with E-state index in [4.69, 9.17) is 10.7 Å². The molecule has 0 saturated heterocycles. The number of aryl methyl sites for hydroxylation is 1. The molecule has 4 rings (SSSR count). The van der Waals surface area contributed by atoms with Crippen LogP contribution in [0.4, 0.5) is 11.4 Å². The molecule has 0 bridgehead atoms. The summed E-state index contributed by atoms with van der Waals surface area (Å²) in [6.07, 6.45) is 0. The zero-order chi connectivity index (χ0) is 14.4. The van der Waals surface area contributed by atoms with Crippen molar-refractivity contribution >= 4 is 22.3 Å². The molecule has 0 amide bonds. The largest absolute Gasteiger partial charge is 0.399 e. The van der Waals surface area contributed by atoms with Gasteiger partial charge in [-0.05, 0) is 42.3 Å². The normalized spacial score (nSPS) is 13.7. The Morgan fingerprint density at radius 2 is 1.86 bits per heavy atom. The van der Waals surface area contributed by atoms with Gasteiger partial charge in [0.05, 0.1) is 11.2 Å². The number of benzene rings is 2. The van der Waals surface area contributed by atoms with Gasteiger partial charge < -0.3 is 10.6 Å². The number of fused-ring (bicyclic) bond motifs is 2. The van der Waals surface area contributed by atoms with Gasteiger partial charge in [-0.3, -0.25) is 4.98 Å². The lowest BCUT2D eigenvalue weighted by Crippen LogP contribution is -2.15. The van der Waals surface area contributed by atoms with Crippen molar-refractivity contribution in [2.45, 2.75) is 20.0 Å². The van der Waals surface area contributed by atoms with Gasteiger partial charge in [0, 0.05) is 29.9 Å². The van der Waals surface area contributed by atoms with Gasteiger partial charge in [0.25, 0.3) is 0 Å². The fourth-order valence-corrected chi connectivity index (χ4v) is 3.07. The van der Waals surface area contributed by atoms with Crippen LogP contribution in [0, 0.1) is 6.92 Å². The number of nitrogen functional groups attached to an aromatic ring is 1. The fraction of sp³-hybridized carbons (Fsp3) is 0.167. The summed E-state index contributed by atoms with van der Waals surface area (Å²) >= 11 is 0. The zero-order valence-corrected chi connectivity index (χ0v) is 12.0. The number of aromatic nitrogens is 1. The van der Waals surface area contributed by atoms with Gasteiger partial charge in [-0.15, -0.1) is 0 Å². The van der Waals surface area contributed by atoms with E-state index in [9.17, 15) is 0 Å². The first-order chi connectivity index (χ1) is 10.2. The average Bonchev–Trinajstić information content (AvgIpc) is 2.89. The molecule has 21 heavy (non-hydrogen) atoms. The predicted octanol–water partition coefficient (Wildman–Crippen LogP) is 3.65. The third-order valence-electron chi connectivity index (χ3n) is 4.13. The van der Waals surface area contributed by atoms with Gasteiger partial charge in [0.1, 0.15) is 0 Å². The third kappa shape index (κ3) is 2.02. The van der Waals surface area contributed by atoms with E-state index in [1.165, 1.54) is 22.2 Å². The summed E-state index contributed by atoms with van der Waals surface area (Å²) in [5.41, 5.74) is 12.7. The molecule has 104 valence electrons. The van der Waals surface area contributed by atoms with E-state index < -0.39 is 0 Å². The third-order valence-corrected chi connectivity index (χ3v) is 4.13. The molecule has 3 nitrogen and oxygen atoms in total. The minimum absolute atomic E-state index is 0.836. The molecule has 3 heteroatoms.